The minimum absolute atomic E-state index is 0.0476. The van der Waals surface area contributed by atoms with Crippen molar-refractivity contribution in [1.82, 2.24) is 0 Å². The molecule has 1 aromatic rings. The zero-order valence-electron chi connectivity index (χ0n) is 19.6. The molecular formula is C27H32O7. The van der Waals surface area contributed by atoms with Gasteiger partial charge >= 0.3 is 5.97 Å². The Morgan fingerprint density at radius 3 is 2.56 bits per heavy atom. The standard InChI is InChI=1S/C27H32O7/c1-14-16-9-10-17-25-13-33-27(32,21(30)19(25)24(2,3)12-11-18(25)28)26(17,20(14)29)22(16)34-23(31)15-7-5-4-6-8-15/h4-8,16-19,21-22,28,30,32H,1,9-13H2,2-3H3/t16-,17-,18-,19+,21-,22+,25+,26-,27+/m0/s1. The summed E-state index contributed by atoms with van der Waals surface area (Å²) in [6.07, 6.45) is -0.965. The van der Waals surface area contributed by atoms with Crippen LogP contribution >= 0.6 is 0 Å². The van der Waals surface area contributed by atoms with Crippen LogP contribution in [-0.2, 0) is 14.3 Å². The van der Waals surface area contributed by atoms with Crippen LogP contribution in [0.3, 0.4) is 0 Å². The van der Waals surface area contributed by atoms with Gasteiger partial charge in [-0.3, -0.25) is 4.79 Å². The number of hydrogen-bond acceptors (Lipinski definition) is 7. The molecule has 0 amide bonds. The van der Waals surface area contributed by atoms with Crippen LogP contribution in [0.25, 0.3) is 0 Å². The second kappa shape index (κ2) is 6.78. The lowest BCUT2D eigenvalue weighted by molar-refractivity contribution is -0.457. The highest BCUT2D eigenvalue weighted by molar-refractivity contribution is 6.05. The third kappa shape index (κ3) is 2.28. The van der Waals surface area contributed by atoms with Gasteiger partial charge < -0.3 is 24.8 Å². The van der Waals surface area contributed by atoms with E-state index in [-0.39, 0.29) is 12.0 Å². The summed E-state index contributed by atoms with van der Waals surface area (Å²) in [6, 6.07) is 8.51. The predicted octanol–water partition coefficient (Wildman–Crippen LogP) is 2.24. The average Bonchev–Trinajstić information content (AvgIpc) is 2.93. The highest BCUT2D eigenvalue weighted by Crippen LogP contribution is 2.76. The van der Waals surface area contributed by atoms with Crippen molar-refractivity contribution in [2.45, 2.75) is 63.6 Å². The number of esters is 1. The van der Waals surface area contributed by atoms with Crippen molar-refractivity contribution < 1.29 is 34.4 Å². The van der Waals surface area contributed by atoms with Crippen molar-refractivity contribution in [2.24, 2.45) is 34.0 Å². The van der Waals surface area contributed by atoms with Crippen LogP contribution in [0.5, 0.6) is 0 Å². The van der Waals surface area contributed by atoms with E-state index in [4.69, 9.17) is 9.47 Å². The van der Waals surface area contributed by atoms with Crippen LogP contribution in [-0.4, -0.2) is 57.8 Å². The summed E-state index contributed by atoms with van der Waals surface area (Å²) in [7, 11) is 0. The number of Topliss-reactive ketones (excluding diaryl/α,β-unsaturated/α-hetero) is 1. The van der Waals surface area contributed by atoms with E-state index in [2.05, 4.69) is 6.58 Å². The van der Waals surface area contributed by atoms with Crippen LogP contribution in [0.2, 0.25) is 0 Å². The molecule has 6 aliphatic rings. The first kappa shape index (κ1) is 22.4. The van der Waals surface area contributed by atoms with Crippen LogP contribution in [0.4, 0.5) is 0 Å². The van der Waals surface area contributed by atoms with E-state index in [9.17, 15) is 24.9 Å². The van der Waals surface area contributed by atoms with Gasteiger partial charge in [0.05, 0.1) is 18.3 Å². The predicted molar refractivity (Wildman–Crippen MR) is 120 cm³/mol. The lowest BCUT2D eigenvalue weighted by atomic mass is 9.35. The lowest BCUT2D eigenvalue weighted by Gasteiger charge is -2.74. The number of carbonyl (C=O) groups excluding carboxylic acids is 2. The highest BCUT2D eigenvalue weighted by Gasteiger charge is 2.87. The Kier molecular flexibility index (Phi) is 4.47. The monoisotopic (exact) mass is 468 g/mol. The molecule has 3 N–H and O–H groups in total. The Morgan fingerprint density at radius 2 is 1.85 bits per heavy atom. The average molecular weight is 469 g/mol. The molecule has 7 heteroatoms. The SMILES string of the molecule is C=C1C(=O)[C@]23[C@H](OC(=O)c4ccccc4)[C@H]1CC[C@H]2[C@@]12CO[C@]3(O)[C@@H](O)[C@@H]1C(C)(C)CC[C@@H]2O. The number of hydrogen-bond donors (Lipinski definition) is 3. The topological polar surface area (TPSA) is 113 Å². The fourth-order valence-electron chi connectivity index (χ4n) is 8.80. The number of aliphatic hydroxyl groups is 3. The Labute approximate surface area is 198 Å². The van der Waals surface area contributed by atoms with Crippen LogP contribution < -0.4 is 0 Å². The van der Waals surface area contributed by atoms with E-state index in [1.165, 1.54) is 0 Å². The van der Waals surface area contributed by atoms with Gasteiger partial charge in [0.15, 0.2) is 5.78 Å². The molecule has 0 radical (unpaired) electrons. The van der Waals surface area contributed by atoms with Crippen molar-refractivity contribution in [3.8, 4) is 0 Å². The van der Waals surface area contributed by atoms with E-state index < -0.39 is 64.4 Å². The Balaban J connectivity index is 1.54. The van der Waals surface area contributed by atoms with Crippen molar-refractivity contribution in [3.63, 3.8) is 0 Å². The quantitative estimate of drug-likeness (QED) is 0.451. The van der Waals surface area contributed by atoms with E-state index in [1.54, 1.807) is 30.3 Å². The van der Waals surface area contributed by atoms with E-state index in [0.717, 1.165) is 0 Å². The first-order valence-corrected chi connectivity index (χ1v) is 12.3. The number of rotatable bonds is 2. The largest absolute Gasteiger partial charge is 0.457 e. The maximum Gasteiger partial charge on any atom is 0.338 e. The molecular weight excluding hydrogens is 436 g/mol. The summed E-state index contributed by atoms with van der Waals surface area (Å²) in [6.45, 7) is 8.16. The van der Waals surface area contributed by atoms with Gasteiger partial charge in [-0.05, 0) is 54.7 Å². The molecule has 2 aliphatic heterocycles. The minimum Gasteiger partial charge on any atom is -0.457 e. The van der Waals surface area contributed by atoms with E-state index in [1.807, 2.05) is 13.8 Å². The molecule has 0 unspecified atom stereocenters. The second-order valence-electron chi connectivity index (χ2n) is 11.7. The summed E-state index contributed by atoms with van der Waals surface area (Å²) in [4.78, 5) is 27.2. The van der Waals surface area contributed by atoms with E-state index in [0.29, 0.717) is 36.8 Å². The molecule has 182 valence electrons. The maximum absolute atomic E-state index is 14.0. The maximum atomic E-state index is 14.0. The molecule has 4 aliphatic carbocycles. The molecule has 7 rings (SSSR count). The molecule has 9 atom stereocenters. The van der Waals surface area contributed by atoms with E-state index >= 15 is 0 Å². The summed E-state index contributed by atoms with van der Waals surface area (Å²) in [5.41, 5.74) is -2.40. The molecule has 0 aromatic heterocycles. The molecule has 4 saturated carbocycles. The second-order valence-corrected chi connectivity index (χ2v) is 11.7. The third-order valence-corrected chi connectivity index (χ3v) is 10.1. The Hall–Kier alpha value is -2.06. The fourth-order valence-corrected chi connectivity index (χ4v) is 8.80. The van der Waals surface area contributed by atoms with Gasteiger partial charge in [0, 0.05) is 17.3 Å². The van der Waals surface area contributed by atoms with Gasteiger partial charge in [-0.1, -0.05) is 38.6 Å². The van der Waals surface area contributed by atoms with Gasteiger partial charge in [-0.2, -0.15) is 0 Å². The van der Waals surface area contributed by atoms with Crippen LogP contribution in [0.15, 0.2) is 42.5 Å². The number of fused-ring (bicyclic) bond motifs is 2. The summed E-state index contributed by atoms with van der Waals surface area (Å²) in [5, 5.41) is 35.3. The third-order valence-electron chi connectivity index (χ3n) is 10.1. The Bertz CT molecular complexity index is 1080. The zero-order chi connectivity index (χ0) is 24.3. The molecule has 1 aromatic carbocycles. The van der Waals surface area contributed by atoms with Gasteiger partial charge in [0.1, 0.15) is 17.6 Å². The van der Waals surface area contributed by atoms with Gasteiger partial charge in [0.2, 0.25) is 5.79 Å². The molecule has 2 spiro atoms. The summed E-state index contributed by atoms with van der Waals surface area (Å²) < 4.78 is 12.1. The van der Waals surface area contributed by atoms with Gasteiger partial charge in [0.25, 0.3) is 0 Å². The molecule has 2 heterocycles. The molecule has 4 bridgehead atoms. The molecule has 2 saturated heterocycles. The van der Waals surface area contributed by atoms with Crippen LogP contribution in [0.1, 0.15) is 49.9 Å². The molecule has 6 fully saturated rings. The van der Waals surface area contributed by atoms with Gasteiger partial charge in [-0.15, -0.1) is 0 Å². The smallest absolute Gasteiger partial charge is 0.338 e. The first-order chi connectivity index (χ1) is 16.0. The van der Waals surface area contributed by atoms with Crippen molar-refractivity contribution >= 4 is 11.8 Å². The lowest BCUT2D eigenvalue weighted by Crippen LogP contribution is -2.85. The normalized spacial score (nSPS) is 48.3. The van der Waals surface area contributed by atoms with Crippen molar-refractivity contribution in [1.29, 1.82) is 0 Å². The number of ketones is 1. The number of benzene rings is 1. The fraction of sp³-hybridized carbons (Fsp3) is 0.630. The highest BCUT2D eigenvalue weighted by atomic mass is 16.6. The van der Waals surface area contributed by atoms with Gasteiger partial charge in [-0.25, -0.2) is 4.79 Å². The summed E-state index contributed by atoms with van der Waals surface area (Å²) >= 11 is 0. The first-order valence-electron chi connectivity index (χ1n) is 12.3. The number of aliphatic hydroxyl groups excluding tert-OH is 2. The molecule has 7 nitrogen and oxygen atoms in total. The minimum atomic E-state index is -2.24. The zero-order valence-corrected chi connectivity index (χ0v) is 19.6. The number of ether oxygens (including phenoxy) is 2. The van der Waals surface area contributed by atoms with Crippen molar-refractivity contribution in [2.75, 3.05) is 6.61 Å². The molecule has 34 heavy (non-hydrogen) atoms. The number of carbonyl (C=O) groups is 2. The van der Waals surface area contributed by atoms with Crippen LogP contribution in [0, 0.1) is 34.0 Å². The Morgan fingerprint density at radius 1 is 1.15 bits per heavy atom. The van der Waals surface area contributed by atoms with Crippen molar-refractivity contribution in [3.05, 3.63) is 48.0 Å². The summed E-state index contributed by atoms with van der Waals surface area (Å²) in [5.74, 6) is -4.72.